The maximum Gasteiger partial charge on any atom is 0.410 e. The Kier molecular flexibility index (Phi) is 13.9. The van der Waals surface area contributed by atoms with Gasteiger partial charge in [0.05, 0.1) is 31.9 Å². The fourth-order valence-electron chi connectivity index (χ4n) is 7.87. The number of rotatable bonds is 16. The number of ketones is 1. The molecule has 0 bridgehead atoms. The van der Waals surface area contributed by atoms with Gasteiger partial charge >= 0.3 is 6.09 Å². The van der Waals surface area contributed by atoms with Crippen molar-refractivity contribution in [3.63, 3.8) is 0 Å². The van der Waals surface area contributed by atoms with Gasteiger partial charge in [-0.05, 0) is 39.0 Å². The fraction of sp³-hybridized carbons (Fsp3) is 0.319. The van der Waals surface area contributed by atoms with Gasteiger partial charge in [0.25, 0.3) is 8.32 Å². The number of ether oxygens (including phenoxy) is 3. The number of hydrogen-bond acceptors (Lipinski definition) is 8. The highest BCUT2D eigenvalue weighted by Gasteiger charge is 2.59. The molecule has 57 heavy (non-hydrogen) atoms. The summed E-state index contributed by atoms with van der Waals surface area (Å²) in [6.45, 7) is 7.87. The molecule has 0 aliphatic carbocycles. The lowest BCUT2D eigenvalue weighted by Gasteiger charge is -2.44. The van der Waals surface area contributed by atoms with Crippen molar-refractivity contribution in [1.29, 1.82) is 0 Å². The van der Waals surface area contributed by atoms with Crippen LogP contribution in [0.4, 0.5) is 4.79 Å². The Morgan fingerprint density at radius 2 is 1.04 bits per heavy atom. The highest BCUT2D eigenvalue weighted by molar-refractivity contribution is 6.99. The summed E-state index contributed by atoms with van der Waals surface area (Å²) in [4.78, 5) is 28.8. The first-order valence-corrected chi connectivity index (χ1v) is 21.3. The summed E-state index contributed by atoms with van der Waals surface area (Å²) in [6, 6.07) is 46.7. The van der Waals surface area contributed by atoms with E-state index in [9.17, 15) is 19.8 Å². The number of aliphatic hydroxyl groups is 2. The van der Waals surface area contributed by atoms with E-state index in [1.165, 1.54) is 11.8 Å². The van der Waals surface area contributed by atoms with Gasteiger partial charge in [0.1, 0.15) is 31.0 Å². The zero-order chi connectivity index (χ0) is 40.4. The Bertz CT molecular complexity index is 1960. The largest absolute Gasteiger partial charge is 0.445 e. The standard InChI is InChI=1S/C47H53NO8Si/c1-34(49)42(50)43(51)41-45(54-31-36-22-12-6-13-23-36)44(53-30-35-20-10-5-11-21-35)40(48(41)46(52)55-32-37-24-14-7-15-25-37)33-56-57(47(2,3)4,38-26-16-8-17-27-38)39-28-18-9-19-29-39/h5-29,40-45,50-51H,30-33H2,1-4H3/t40-,41-,42-,43-,44-,45-/m1/s1. The van der Waals surface area contributed by atoms with E-state index in [1.807, 2.05) is 127 Å². The molecule has 1 aliphatic rings. The third kappa shape index (κ3) is 9.61. The van der Waals surface area contributed by atoms with Gasteiger partial charge in [0, 0.05) is 0 Å². The summed E-state index contributed by atoms with van der Waals surface area (Å²) in [5.74, 6) is -0.657. The highest BCUT2D eigenvalue weighted by atomic mass is 28.4. The molecular formula is C47H53NO8Si. The van der Waals surface area contributed by atoms with Crippen LogP contribution in [0.15, 0.2) is 152 Å². The van der Waals surface area contributed by atoms with E-state index >= 15 is 0 Å². The van der Waals surface area contributed by atoms with Crippen molar-refractivity contribution in [2.45, 2.75) is 89.1 Å². The predicted octanol–water partition coefficient (Wildman–Crippen LogP) is 6.43. The number of hydrogen-bond donors (Lipinski definition) is 2. The second-order valence-electron chi connectivity index (χ2n) is 15.5. The number of aliphatic hydroxyl groups excluding tert-OH is 2. The number of carbonyl (C=O) groups is 2. The average molecular weight is 788 g/mol. The van der Waals surface area contributed by atoms with Crippen molar-refractivity contribution in [2.24, 2.45) is 0 Å². The minimum Gasteiger partial charge on any atom is -0.445 e. The van der Waals surface area contributed by atoms with Gasteiger partial charge in [-0.25, -0.2) is 4.79 Å². The topological polar surface area (TPSA) is 115 Å². The molecule has 0 aromatic heterocycles. The highest BCUT2D eigenvalue weighted by Crippen LogP contribution is 2.40. The van der Waals surface area contributed by atoms with Crippen molar-refractivity contribution in [3.05, 3.63) is 168 Å². The van der Waals surface area contributed by atoms with Crippen molar-refractivity contribution in [3.8, 4) is 0 Å². The molecule has 5 aromatic rings. The van der Waals surface area contributed by atoms with Crippen LogP contribution in [-0.4, -0.2) is 78.4 Å². The lowest BCUT2D eigenvalue weighted by Crippen LogP contribution is -2.67. The molecule has 9 nitrogen and oxygen atoms in total. The van der Waals surface area contributed by atoms with E-state index in [-0.39, 0.29) is 26.4 Å². The molecular weight excluding hydrogens is 735 g/mol. The van der Waals surface area contributed by atoms with Gasteiger partial charge < -0.3 is 28.8 Å². The van der Waals surface area contributed by atoms with Gasteiger partial charge in [-0.15, -0.1) is 0 Å². The average Bonchev–Trinajstić information content (AvgIpc) is 3.55. The lowest BCUT2D eigenvalue weighted by atomic mass is 9.97. The van der Waals surface area contributed by atoms with Crippen LogP contribution in [0.25, 0.3) is 0 Å². The molecule has 0 spiro atoms. The second-order valence-corrected chi connectivity index (χ2v) is 19.9. The molecule has 298 valence electrons. The normalized spacial score (nSPS) is 19.5. The second kappa shape index (κ2) is 19.0. The fourth-order valence-corrected chi connectivity index (χ4v) is 12.4. The van der Waals surface area contributed by atoms with Crippen LogP contribution in [0.2, 0.25) is 5.04 Å². The van der Waals surface area contributed by atoms with Crippen LogP contribution in [0.1, 0.15) is 44.4 Å². The Morgan fingerprint density at radius 3 is 1.46 bits per heavy atom. The number of Topliss-reactive ketones (excluding diaryl/α,β-unsaturated/α-hetero) is 1. The smallest absolute Gasteiger partial charge is 0.410 e. The van der Waals surface area contributed by atoms with Crippen LogP contribution in [0.5, 0.6) is 0 Å². The molecule has 2 N–H and O–H groups in total. The zero-order valence-electron chi connectivity index (χ0n) is 33.0. The van der Waals surface area contributed by atoms with E-state index in [2.05, 4.69) is 45.0 Å². The minimum atomic E-state index is -3.19. The van der Waals surface area contributed by atoms with E-state index in [4.69, 9.17) is 18.6 Å². The van der Waals surface area contributed by atoms with Gasteiger partial charge in [-0.3, -0.25) is 9.69 Å². The molecule has 0 saturated carbocycles. The van der Waals surface area contributed by atoms with Crippen molar-refractivity contribution in [2.75, 3.05) is 6.61 Å². The van der Waals surface area contributed by atoms with Gasteiger partial charge in [-0.2, -0.15) is 0 Å². The summed E-state index contributed by atoms with van der Waals surface area (Å²) in [5.41, 5.74) is 2.50. The molecule has 1 aliphatic heterocycles. The van der Waals surface area contributed by atoms with Gasteiger partial charge in [0.15, 0.2) is 5.78 Å². The molecule has 0 unspecified atom stereocenters. The van der Waals surface area contributed by atoms with Crippen LogP contribution in [0, 0.1) is 0 Å². The summed E-state index contributed by atoms with van der Waals surface area (Å²) < 4.78 is 27.0. The summed E-state index contributed by atoms with van der Waals surface area (Å²) in [7, 11) is -3.19. The molecule has 5 aromatic carbocycles. The van der Waals surface area contributed by atoms with Crippen LogP contribution < -0.4 is 10.4 Å². The lowest BCUT2D eigenvalue weighted by molar-refractivity contribution is -0.138. The molecule has 10 heteroatoms. The van der Waals surface area contributed by atoms with Crippen molar-refractivity contribution < 1.29 is 38.4 Å². The van der Waals surface area contributed by atoms with Gasteiger partial charge in [-0.1, -0.05) is 172 Å². The SMILES string of the molecule is CC(=O)[C@@H](O)[C@H](O)[C@@H]1[C@@H](OCc2ccccc2)[C@H](OCc2ccccc2)[C@@H](CO[Si](c2ccccc2)(c2ccccc2)C(C)(C)C)N1C(=O)OCc1ccccc1. The molecule has 6 atom stereocenters. The number of amides is 1. The molecule has 1 saturated heterocycles. The number of nitrogens with zero attached hydrogens (tertiary/aromatic N) is 1. The summed E-state index contributed by atoms with van der Waals surface area (Å²) in [5, 5.41) is 24.9. The molecule has 1 amide bonds. The maximum absolute atomic E-state index is 14.7. The van der Waals surface area contributed by atoms with Crippen LogP contribution >= 0.6 is 0 Å². The first-order valence-electron chi connectivity index (χ1n) is 19.4. The number of carbonyl (C=O) groups excluding carboxylic acids is 2. The van der Waals surface area contributed by atoms with Crippen LogP contribution in [-0.2, 0) is 43.3 Å². The maximum atomic E-state index is 14.7. The molecule has 0 radical (unpaired) electrons. The van der Waals surface area contributed by atoms with E-state index in [0.717, 1.165) is 27.1 Å². The van der Waals surface area contributed by atoms with E-state index < -0.39 is 61.7 Å². The molecule has 6 rings (SSSR count). The molecule has 1 heterocycles. The monoisotopic (exact) mass is 787 g/mol. The third-order valence-electron chi connectivity index (χ3n) is 10.7. The van der Waals surface area contributed by atoms with Gasteiger partial charge in [0.2, 0.25) is 0 Å². The first kappa shape index (κ1) is 41.7. The number of likely N-dealkylation sites (tertiary alicyclic amines) is 1. The van der Waals surface area contributed by atoms with E-state index in [0.29, 0.717) is 0 Å². The summed E-state index contributed by atoms with van der Waals surface area (Å²) in [6.07, 6.45) is -6.29. The van der Waals surface area contributed by atoms with E-state index in [1.54, 1.807) is 0 Å². The molecule has 1 fully saturated rings. The first-order chi connectivity index (χ1) is 27.5. The van der Waals surface area contributed by atoms with Crippen molar-refractivity contribution >= 4 is 30.6 Å². The van der Waals surface area contributed by atoms with Crippen molar-refractivity contribution in [1.82, 2.24) is 4.90 Å². The Hall–Kier alpha value is -4.94. The third-order valence-corrected chi connectivity index (χ3v) is 15.7. The predicted molar refractivity (Wildman–Crippen MR) is 222 cm³/mol. The zero-order valence-corrected chi connectivity index (χ0v) is 34.0. The Balaban J connectivity index is 1.49. The minimum absolute atomic E-state index is 0.0439. The quantitative estimate of drug-likeness (QED) is 0.110. The summed E-state index contributed by atoms with van der Waals surface area (Å²) >= 11 is 0. The van der Waals surface area contributed by atoms with Crippen LogP contribution in [0.3, 0.4) is 0 Å². The number of benzene rings is 5. The Morgan fingerprint density at radius 1 is 0.632 bits per heavy atom. The Labute approximate surface area is 336 Å².